The van der Waals surface area contributed by atoms with Gasteiger partial charge < -0.3 is 5.11 Å². The third-order valence-electron chi connectivity index (χ3n) is 3.79. The number of aliphatic hydroxyl groups is 1. The van der Waals surface area contributed by atoms with Gasteiger partial charge in [-0.2, -0.15) is 9.81 Å². The van der Waals surface area contributed by atoms with Crippen LogP contribution < -0.4 is 0 Å². The normalized spacial score (nSPS) is 41.5. The molecule has 1 rings (SSSR count). The Morgan fingerprint density at radius 1 is 1.27 bits per heavy atom. The molecular formula is C10H18N2O3. The highest BCUT2D eigenvalue weighted by Crippen LogP contribution is 2.43. The molecular weight excluding hydrogens is 196 g/mol. The van der Waals surface area contributed by atoms with Crippen LogP contribution in [-0.4, -0.2) is 22.3 Å². The molecule has 5 nitrogen and oxygen atoms in total. The van der Waals surface area contributed by atoms with Gasteiger partial charge in [0.25, 0.3) is 0 Å². The minimum absolute atomic E-state index is 0.0702. The highest BCUT2D eigenvalue weighted by atomic mass is 16.3. The van der Waals surface area contributed by atoms with Gasteiger partial charge in [-0.05, 0) is 25.7 Å². The standard InChI is InChI=1S/C10H18N2O3/c1-7(2)10(12-15)5-4-9(3,11-14)8(13)6-10/h7-8,13H,4-6H2,1-3H3. The summed E-state index contributed by atoms with van der Waals surface area (Å²) in [5, 5.41) is 16.0. The maximum Gasteiger partial charge on any atom is 0.126 e. The van der Waals surface area contributed by atoms with Crippen LogP contribution in [0.2, 0.25) is 0 Å². The summed E-state index contributed by atoms with van der Waals surface area (Å²) in [5.74, 6) is 0.0702. The summed E-state index contributed by atoms with van der Waals surface area (Å²) >= 11 is 0. The molecule has 0 aromatic rings. The van der Waals surface area contributed by atoms with Crippen LogP contribution in [0.1, 0.15) is 40.0 Å². The minimum atomic E-state index is -0.955. The van der Waals surface area contributed by atoms with E-state index in [-0.39, 0.29) is 12.3 Å². The first-order valence-corrected chi connectivity index (χ1v) is 5.27. The number of hydrogen-bond acceptors (Lipinski definition) is 5. The fourth-order valence-electron chi connectivity index (χ4n) is 2.11. The summed E-state index contributed by atoms with van der Waals surface area (Å²) < 4.78 is 0. The van der Waals surface area contributed by atoms with Crippen molar-refractivity contribution < 1.29 is 5.11 Å². The lowest BCUT2D eigenvalue weighted by molar-refractivity contribution is 0.0103. The van der Waals surface area contributed by atoms with Gasteiger partial charge in [0.1, 0.15) is 11.1 Å². The van der Waals surface area contributed by atoms with E-state index in [0.717, 1.165) is 0 Å². The van der Waals surface area contributed by atoms with E-state index in [1.165, 1.54) is 0 Å². The van der Waals surface area contributed by atoms with Crippen molar-refractivity contribution in [1.29, 1.82) is 0 Å². The van der Waals surface area contributed by atoms with Crippen LogP contribution in [0.4, 0.5) is 0 Å². The van der Waals surface area contributed by atoms with E-state index in [4.69, 9.17) is 0 Å². The fraction of sp³-hybridized carbons (Fsp3) is 1.00. The lowest BCUT2D eigenvalue weighted by Crippen LogP contribution is -2.51. The molecule has 0 bridgehead atoms. The topological polar surface area (TPSA) is 79.1 Å². The highest BCUT2D eigenvalue weighted by Gasteiger charge is 2.50. The third kappa shape index (κ3) is 1.93. The number of hydrogen-bond donors (Lipinski definition) is 1. The van der Waals surface area contributed by atoms with Crippen molar-refractivity contribution in [3.05, 3.63) is 9.81 Å². The molecule has 5 heteroatoms. The molecule has 0 heterocycles. The maximum atomic E-state index is 10.9. The SMILES string of the molecule is CC(C)C1(N=O)CCC(C)(N=O)C(O)C1. The molecule has 1 fully saturated rings. The van der Waals surface area contributed by atoms with Crippen molar-refractivity contribution in [1.82, 2.24) is 0 Å². The van der Waals surface area contributed by atoms with E-state index in [1.807, 2.05) is 13.8 Å². The Kier molecular flexibility index (Phi) is 3.23. The first-order valence-electron chi connectivity index (χ1n) is 5.27. The zero-order valence-electron chi connectivity index (χ0n) is 9.43. The average Bonchev–Trinajstić information content (AvgIpc) is 2.22. The van der Waals surface area contributed by atoms with Crippen molar-refractivity contribution in [3.8, 4) is 0 Å². The Morgan fingerprint density at radius 2 is 1.87 bits per heavy atom. The molecule has 0 aromatic heterocycles. The number of nitroso groups, excluding NO2 is 2. The second-order valence-electron chi connectivity index (χ2n) is 5.02. The number of rotatable bonds is 3. The Balaban J connectivity index is 2.88. The lowest BCUT2D eigenvalue weighted by atomic mass is 9.67. The fourth-order valence-corrected chi connectivity index (χ4v) is 2.11. The van der Waals surface area contributed by atoms with E-state index in [1.54, 1.807) is 6.92 Å². The van der Waals surface area contributed by atoms with Gasteiger partial charge in [-0.25, -0.2) is 0 Å². The van der Waals surface area contributed by atoms with Crippen molar-refractivity contribution in [2.24, 2.45) is 16.3 Å². The Bertz CT molecular complexity index is 269. The largest absolute Gasteiger partial charge is 0.390 e. The molecule has 1 aliphatic carbocycles. The minimum Gasteiger partial charge on any atom is -0.390 e. The molecule has 86 valence electrons. The molecule has 3 atom stereocenters. The van der Waals surface area contributed by atoms with E-state index in [0.29, 0.717) is 12.8 Å². The van der Waals surface area contributed by atoms with E-state index >= 15 is 0 Å². The molecule has 0 spiro atoms. The molecule has 15 heavy (non-hydrogen) atoms. The van der Waals surface area contributed by atoms with Crippen LogP contribution in [0.5, 0.6) is 0 Å². The second kappa shape index (κ2) is 3.96. The van der Waals surface area contributed by atoms with Crippen LogP contribution in [0.15, 0.2) is 10.4 Å². The predicted molar refractivity (Wildman–Crippen MR) is 57.4 cm³/mol. The average molecular weight is 214 g/mol. The van der Waals surface area contributed by atoms with Crippen LogP contribution in [0.25, 0.3) is 0 Å². The summed E-state index contributed by atoms with van der Waals surface area (Å²) in [4.78, 5) is 21.5. The van der Waals surface area contributed by atoms with Gasteiger partial charge >= 0.3 is 0 Å². The first-order chi connectivity index (χ1) is 6.90. The molecule has 0 radical (unpaired) electrons. The maximum absolute atomic E-state index is 10.9. The lowest BCUT2D eigenvalue weighted by Gasteiger charge is -2.42. The van der Waals surface area contributed by atoms with E-state index in [2.05, 4.69) is 10.4 Å². The quantitative estimate of drug-likeness (QED) is 0.731. The van der Waals surface area contributed by atoms with E-state index < -0.39 is 17.2 Å². The first kappa shape index (κ1) is 12.2. The summed E-state index contributed by atoms with van der Waals surface area (Å²) in [6.45, 7) is 5.44. The number of aliphatic hydroxyl groups excluding tert-OH is 1. The zero-order chi connectivity index (χ0) is 11.7. The molecule has 0 aromatic carbocycles. The van der Waals surface area contributed by atoms with Crippen LogP contribution in [-0.2, 0) is 0 Å². The van der Waals surface area contributed by atoms with Crippen LogP contribution in [0.3, 0.4) is 0 Å². The van der Waals surface area contributed by atoms with Gasteiger partial charge in [0.2, 0.25) is 0 Å². The predicted octanol–water partition coefficient (Wildman–Crippen LogP) is 2.22. The summed E-state index contributed by atoms with van der Waals surface area (Å²) in [6.07, 6.45) is 0.301. The van der Waals surface area contributed by atoms with Gasteiger partial charge in [0.15, 0.2) is 0 Å². The van der Waals surface area contributed by atoms with Crippen molar-refractivity contribution in [2.45, 2.75) is 57.2 Å². The molecule has 0 amide bonds. The summed E-state index contributed by atoms with van der Waals surface area (Å²) in [6, 6.07) is 0. The molecule has 1 N–H and O–H groups in total. The molecule has 0 saturated heterocycles. The van der Waals surface area contributed by atoms with Gasteiger partial charge in [0.05, 0.1) is 6.10 Å². The Hall–Kier alpha value is -0.840. The molecule has 0 aliphatic heterocycles. The Labute approximate surface area is 89.2 Å². The van der Waals surface area contributed by atoms with Crippen LogP contribution >= 0.6 is 0 Å². The van der Waals surface area contributed by atoms with Gasteiger partial charge in [-0.15, -0.1) is 0 Å². The smallest absolute Gasteiger partial charge is 0.126 e. The zero-order valence-corrected chi connectivity index (χ0v) is 9.43. The highest BCUT2D eigenvalue weighted by molar-refractivity contribution is 5.06. The molecule has 3 unspecified atom stereocenters. The van der Waals surface area contributed by atoms with Gasteiger partial charge in [0, 0.05) is 6.42 Å². The number of nitrogens with zero attached hydrogens (tertiary/aromatic N) is 2. The van der Waals surface area contributed by atoms with Gasteiger partial charge in [-0.3, -0.25) is 0 Å². The van der Waals surface area contributed by atoms with Crippen LogP contribution in [0, 0.1) is 15.7 Å². The van der Waals surface area contributed by atoms with Crippen molar-refractivity contribution in [2.75, 3.05) is 0 Å². The monoisotopic (exact) mass is 214 g/mol. The molecule has 1 aliphatic rings. The third-order valence-corrected chi connectivity index (χ3v) is 3.79. The van der Waals surface area contributed by atoms with Crippen molar-refractivity contribution in [3.63, 3.8) is 0 Å². The summed E-state index contributed by atoms with van der Waals surface area (Å²) in [7, 11) is 0. The Morgan fingerprint density at radius 3 is 2.20 bits per heavy atom. The second-order valence-corrected chi connectivity index (χ2v) is 5.02. The van der Waals surface area contributed by atoms with Crippen molar-refractivity contribution >= 4 is 0 Å². The van der Waals surface area contributed by atoms with E-state index in [9.17, 15) is 14.9 Å². The molecule has 1 saturated carbocycles. The summed E-state index contributed by atoms with van der Waals surface area (Å²) in [5.41, 5.74) is -1.69. The van der Waals surface area contributed by atoms with Gasteiger partial charge in [-0.1, -0.05) is 24.2 Å².